The van der Waals surface area contributed by atoms with Crippen LogP contribution in [0.25, 0.3) is 33.4 Å². The molecule has 0 saturated carbocycles. The van der Waals surface area contributed by atoms with Gasteiger partial charge in [-0.1, -0.05) is 152 Å². The first-order chi connectivity index (χ1) is 28.8. The van der Waals surface area contributed by atoms with Crippen LogP contribution in [0.3, 0.4) is 0 Å². The van der Waals surface area contributed by atoms with Crippen LogP contribution >= 0.6 is 0 Å². The van der Waals surface area contributed by atoms with Crippen LogP contribution in [0, 0.1) is 0 Å². The van der Waals surface area contributed by atoms with Crippen molar-refractivity contribution in [2.75, 3.05) is 4.90 Å². The summed E-state index contributed by atoms with van der Waals surface area (Å²) in [6, 6.07) is 71.3. The summed E-state index contributed by atoms with van der Waals surface area (Å²) in [7, 11) is 0. The quantitative estimate of drug-likeness (QED) is 0.157. The number of anilines is 3. The van der Waals surface area contributed by atoms with Crippen LogP contribution in [0.5, 0.6) is 0 Å². The predicted molar refractivity (Wildman–Crippen MR) is 243 cm³/mol. The zero-order chi connectivity index (χ0) is 38.5. The van der Waals surface area contributed by atoms with Gasteiger partial charge in [0, 0.05) is 16.9 Å². The highest BCUT2D eigenvalue weighted by Crippen LogP contribution is 2.59. The molecule has 0 atom stereocenters. The topological polar surface area (TPSA) is 3.24 Å². The second kappa shape index (κ2) is 14.5. The average molecular weight is 746 g/mol. The van der Waals surface area contributed by atoms with Crippen molar-refractivity contribution in [1.82, 2.24) is 0 Å². The zero-order valence-electron chi connectivity index (χ0n) is 33.0. The molecule has 0 aromatic heterocycles. The summed E-state index contributed by atoms with van der Waals surface area (Å²) in [6.07, 6.45) is 9.56. The number of nitrogens with zero attached hydrogens (tertiary/aromatic N) is 1. The molecule has 0 N–H and O–H groups in total. The highest BCUT2D eigenvalue weighted by molar-refractivity contribution is 5.97. The number of fused-ring (bicyclic) bond motifs is 5. The van der Waals surface area contributed by atoms with Gasteiger partial charge in [0.1, 0.15) is 0 Å². The Morgan fingerprint density at radius 1 is 0.345 bits per heavy atom. The maximum Gasteiger partial charge on any atom is 0.0714 e. The van der Waals surface area contributed by atoms with Gasteiger partial charge in [-0.25, -0.2) is 0 Å². The summed E-state index contributed by atoms with van der Waals surface area (Å²) in [6.45, 7) is 0. The number of hydrogen-bond acceptors (Lipinski definition) is 1. The number of benzene rings is 8. The Morgan fingerprint density at radius 3 is 1.67 bits per heavy atom. The molecule has 1 heteroatoms. The average Bonchev–Trinajstić information content (AvgIpc) is 3.59. The van der Waals surface area contributed by atoms with E-state index in [-0.39, 0.29) is 0 Å². The fourth-order valence-corrected chi connectivity index (χ4v) is 10.6. The Labute approximate surface area is 343 Å². The molecule has 8 aromatic rings. The molecule has 8 aromatic carbocycles. The minimum absolute atomic E-state index is 0.503. The fraction of sp³-hybridized carbons (Fsp3) is 0.158. The van der Waals surface area contributed by atoms with Gasteiger partial charge in [-0.3, -0.25) is 0 Å². The first-order valence-electron chi connectivity index (χ1n) is 21.4. The first kappa shape index (κ1) is 34.8. The summed E-state index contributed by atoms with van der Waals surface area (Å²) < 4.78 is 0. The van der Waals surface area contributed by atoms with Crippen LogP contribution in [-0.2, 0) is 31.1 Å². The number of rotatable bonds is 7. The minimum atomic E-state index is -0.503. The molecule has 3 aliphatic carbocycles. The van der Waals surface area contributed by atoms with Crippen LogP contribution in [0.4, 0.5) is 17.1 Å². The molecular weight excluding hydrogens is 699 g/mol. The molecule has 0 radical (unpaired) electrons. The Morgan fingerprint density at radius 2 is 0.931 bits per heavy atom. The highest BCUT2D eigenvalue weighted by atomic mass is 15.1. The Balaban J connectivity index is 1.24. The Hall–Kier alpha value is -6.44. The molecule has 0 amide bonds. The summed E-state index contributed by atoms with van der Waals surface area (Å²) in [5, 5.41) is 0. The molecule has 280 valence electrons. The normalized spacial score (nSPS) is 14.8. The fourth-order valence-electron chi connectivity index (χ4n) is 10.6. The third-order valence-corrected chi connectivity index (χ3v) is 13.3. The molecule has 0 bridgehead atoms. The van der Waals surface area contributed by atoms with E-state index in [0.717, 1.165) is 25.7 Å². The van der Waals surface area contributed by atoms with Crippen molar-refractivity contribution in [2.45, 2.75) is 56.8 Å². The van der Waals surface area contributed by atoms with Crippen molar-refractivity contribution in [3.8, 4) is 33.4 Å². The van der Waals surface area contributed by atoms with E-state index in [1.54, 1.807) is 0 Å². The standard InChI is InChI=1S/C57H47N/c1-4-17-40(18-5-1)42-31-34-47(35-32-42)58(48-36-33-41-19-10-11-21-44(41)37-48)56-39-55-52(38-53(56)50-29-16-22-43-20-12-13-27-49(43)50)51-28-14-15-30-54(51)57(55,45-23-6-2-7-24-45)46-25-8-3-9-26-46/h1-9,14-18,22-26,28-39H,10-13,19-21,27H2. The lowest BCUT2D eigenvalue weighted by Crippen LogP contribution is -2.28. The lowest BCUT2D eigenvalue weighted by Gasteiger charge is -2.36. The van der Waals surface area contributed by atoms with Gasteiger partial charge in [0.2, 0.25) is 0 Å². The molecule has 3 aliphatic rings. The van der Waals surface area contributed by atoms with Crippen molar-refractivity contribution in [3.05, 3.63) is 233 Å². The van der Waals surface area contributed by atoms with Crippen molar-refractivity contribution < 1.29 is 0 Å². The molecule has 0 saturated heterocycles. The molecule has 0 aliphatic heterocycles. The van der Waals surface area contributed by atoms with Crippen LogP contribution < -0.4 is 4.90 Å². The molecule has 11 rings (SSSR count). The van der Waals surface area contributed by atoms with Crippen LogP contribution in [0.1, 0.15) is 70.2 Å². The summed E-state index contributed by atoms with van der Waals surface area (Å²) >= 11 is 0. The molecule has 0 fully saturated rings. The van der Waals surface area contributed by atoms with Gasteiger partial charge in [-0.2, -0.15) is 0 Å². The van der Waals surface area contributed by atoms with E-state index in [2.05, 4.69) is 193 Å². The van der Waals surface area contributed by atoms with Crippen molar-refractivity contribution in [1.29, 1.82) is 0 Å². The van der Waals surface area contributed by atoms with Gasteiger partial charge in [0.05, 0.1) is 11.1 Å². The summed E-state index contributed by atoms with van der Waals surface area (Å²) in [4.78, 5) is 2.59. The van der Waals surface area contributed by atoms with Crippen LogP contribution in [-0.4, -0.2) is 0 Å². The van der Waals surface area contributed by atoms with Crippen molar-refractivity contribution in [3.63, 3.8) is 0 Å². The highest BCUT2D eigenvalue weighted by Gasteiger charge is 2.47. The molecule has 1 nitrogen and oxygen atoms in total. The minimum Gasteiger partial charge on any atom is -0.310 e. The number of aryl methyl sites for hydroxylation is 3. The smallest absolute Gasteiger partial charge is 0.0714 e. The SMILES string of the molecule is c1ccc(-c2ccc(N(c3ccc4c(c3)CCCC4)c3cc4c(cc3-c3cccc5c3CCCC5)-c3ccccc3C4(c3ccccc3)c3ccccc3)cc2)cc1. The lowest BCUT2D eigenvalue weighted by molar-refractivity contribution is 0.685. The summed E-state index contributed by atoms with van der Waals surface area (Å²) in [5.41, 5.74) is 22.1. The van der Waals surface area contributed by atoms with E-state index in [0.29, 0.717) is 0 Å². The second-order valence-corrected chi connectivity index (χ2v) is 16.5. The van der Waals surface area contributed by atoms with Gasteiger partial charge in [0.15, 0.2) is 0 Å². The van der Waals surface area contributed by atoms with E-state index < -0.39 is 5.41 Å². The lowest BCUT2D eigenvalue weighted by atomic mass is 9.67. The maximum absolute atomic E-state index is 2.59. The largest absolute Gasteiger partial charge is 0.310 e. The van der Waals surface area contributed by atoms with Gasteiger partial charge in [-0.05, 0) is 160 Å². The van der Waals surface area contributed by atoms with Gasteiger partial charge in [0.25, 0.3) is 0 Å². The van der Waals surface area contributed by atoms with Crippen molar-refractivity contribution >= 4 is 17.1 Å². The molecular formula is C57H47N. The first-order valence-corrected chi connectivity index (χ1v) is 21.4. The molecule has 0 unspecified atom stereocenters. The van der Waals surface area contributed by atoms with Crippen LogP contribution in [0.15, 0.2) is 188 Å². The second-order valence-electron chi connectivity index (χ2n) is 16.5. The third-order valence-electron chi connectivity index (χ3n) is 13.3. The summed E-state index contributed by atoms with van der Waals surface area (Å²) in [5.74, 6) is 0. The van der Waals surface area contributed by atoms with E-state index in [9.17, 15) is 0 Å². The Bertz CT molecular complexity index is 2720. The third kappa shape index (κ3) is 5.67. The van der Waals surface area contributed by atoms with E-state index in [4.69, 9.17) is 0 Å². The Kier molecular flexibility index (Phi) is 8.69. The van der Waals surface area contributed by atoms with Gasteiger partial charge in [-0.15, -0.1) is 0 Å². The van der Waals surface area contributed by atoms with Crippen LogP contribution in [0.2, 0.25) is 0 Å². The van der Waals surface area contributed by atoms with Gasteiger partial charge < -0.3 is 4.90 Å². The van der Waals surface area contributed by atoms with E-state index in [1.807, 2.05) is 0 Å². The molecule has 0 spiro atoms. The number of hydrogen-bond donors (Lipinski definition) is 0. The predicted octanol–water partition coefficient (Wildman–Crippen LogP) is 14.6. The molecule has 0 heterocycles. The van der Waals surface area contributed by atoms with E-state index >= 15 is 0 Å². The molecule has 58 heavy (non-hydrogen) atoms. The van der Waals surface area contributed by atoms with E-state index in [1.165, 1.54) is 121 Å². The van der Waals surface area contributed by atoms with Crippen molar-refractivity contribution in [2.24, 2.45) is 0 Å². The monoisotopic (exact) mass is 745 g/mol. The maximum atomic E-state index is 2.59. The van der Waals surface area contributed by atoms with Gasteiger partial charge >= 0.3 is 0 Å². The zero-order valence-corrected chi connectivity index (χ0v) is 33.0.